The van der Waals surface area contributed by atoms with Crippen LogP contribution < -0.4 is 5.32 Å². The van der Waals surface area contributed by atoms with E-state index in [1.54, 1.807) is 0 Å². The zero-order valence-corrected chi connectivity index (χ0v) is 36.0. The van der Waals surface area contributed by atoms with Gasteiger partial charge in [-0.15, -0.1) is 0 Å². The molecule has 0 fully saturated rings. The Balaban J connectivity index is 0.897. The third kappa shape index (κ3) is 6.78. The maximum atomic E-state index is 5.41. The second-order valence-electron chi connectivity index (χ2n) is 18.8. The van der Waals surface area contributed by atoms with Crippen LogP contribution in [0.15, 0.2) is 201 Å². The molecule has 0 bridgehead atoms. The van der Waals surface area contributed by atoms with Crippen LogP contribution in [0, 0.1) is 17.8 Å². The Morgan fingerprint density at radius 2 is 1.58 bits per heavy atom. The van der Waals surface area contributed by atoms with Gasteiger partial charge in [0.1, 0.15) is 6.17 Å². The van der Waals surface area contributed by atoms with Crippen LogP contribution in [0.1, 0.15) is 101 Å². The molecule has 0 amide bonds. The highest BCUT2D eigenvalue weighted by molar-refractivity contribution is 6.04. The minimum absolute atomic E-state index is 0.0913. The van der Waals surface area contributed by atoms with Crippen molar-refractivity contribution >= 4 is 22.7 Å². The van der Waals surface area contributed by atoms with Crippen molar-refractivity contribution in [3.63, 3.8) is 0 Å². The summed E-state index contributed by atoms with van der Waals surface area (Å²) >= 11 is 0. The van der Waals surface area contributed by atoms with Gasteiger partial charge in [0.05, 0.1) is 17.5 Å². The zero-order valence-electron chi connectivity index (χ0n) is 36.0. The first-order valence-electron chi connectivity index (χ1n) is 23.9. The van der Waals surface area contributed by atoms with Gasteiger partial charge in [0.15, 0.2) is 0 Å². The highest BCUT2D eigenvalue weighted by Crippen LogP contribution is 2.50. The average Bonchev–Trinajstić information content (AvgIpc) is 3.87. The second-order valence-corrected chi connectivity index (χ2v) is 18.8. The minimum atomic E-state index is 0.0913. The molecule has 0 saturated carbocycles. The molecule has 4 heterocycles. The van der Waals surface area contributed by atoms with Crippen molar-refractivity contribution in [3.8, 4) is 0 Å². The highest BCUT2D eigenvalue weighted by Gasteiger charge is 2.42. The summed E-state index contributed by atoms with van der Waals surface area (Å²) in [5, 5.41) is 5.49. The number of rotatable bonds is 7. The summed E-state index contributed by atoms with van der Waals surface area (Å²) in [5.41, 5.74) is 19.8. The first-order valence-corrected chi connectivity index (χ1v) is 23.9. The lowest BCUT2D eigenvalue weighted by molar-refractivity contribution is 0.306. The number of dihydropyridines is 1. The summed E-state index contributed by atoms with van der Waals surface area (Å²) in [6.45, 7) is 0. The van der Waals surface area contributed by atoms with E-state index in [0.717, 1.165) is 70.6 Å². The van der Waals surface area contributed by atoms with Gasteiger partial charge in [-0.3, -0.25) is 4.99 Å². The minimum Gasteiger partial charge on any atom is -0.365 e. The van der Waals surface area contributed by atoms with Crippen molar-refractivity contribution in [2.24, 2.45) is 22.7 Å². The molecule has 0 radical (unpaired) electrons. The van der Waals surface area contributed by atoms with Gasteiger partial charge >= 0.3 is 0 Å². The van der Waals surface area contributed by atoms with Gasteiger partial charge in [0.25, 0.3) is 0 Å². The van der Waals surface area contributed by atoms with E-state index in [1.165, 1.54) is 103 Å². The van der Waals surface area contributed by atoms with Crippen LogP contribution in [0.2, 0.25) is 0 Å². The lowest BCUT2D eigenvalue weighted by Gasteiger charge is -2.39. The van der Waals surface area contributed by atoms with Crippen molar-refractivity contribution in [3.05, 3.63) is 207 Å². The Morgan fingerprint density at radius 1 is 0.694 bits per heavy atom. The number of hydrogen-bond acceptors (Lipinski definition) is 3. The average molecular weight is 811 g/mol. The normalized spacial score (nSPS) is 28.7. The van der Waals surface area contributed by atoms with Crippen LogP contribution in [-0.2, 0) is 6.42 Å². The fourth-order valence-electron chi connectivity index (χ4n) is 12.1. The van der Waals surface area contributed by atoms with Crippen molar-refractivity contribution < 1.29 is 0 Å². The van der Waals surface area contributed by atoms with Crippen LogP contribution in [0.4, 0.5) is 0 Å². The van der Waals surface area contributed by atoms with Crippen LogP contribution in [0.25, 0.3) is 17.0 Å². The second kappa shape index (κ2) is 16.1. The number of para-hydroxylation sites is 1. The number of allylic oxidation sites excluding steroid dienone is 25. The topological polar surface area (TPSA) is 32.6 Å². The molecule has 1 N–H and O–H groups in total. The van der Waals surface area contributed by atoms with Crippen molar-refractivity contribution in [1.82, 2.24) is 14.8 Å². The predicted molar refractivity (Wildman–Crippen MR) is 258 cm³/mol. The fraction of sp³-hybridized carbons (Fsp3) is 0.328. The molecule has 62 heavy (non-hydrogen) atoms. The fourth-order valence-corrected chi connectivity index (χ4v) is 12.1. The predicted octanol–water partition coefficient (Wildman–Crippen LogP) is 13.8. The van der Waals surface area contributed by atoms with E-state index in [-0.39, 0.29) is 12.2 Å². The molecule has 7 aliphatic carbocycles. The van der Waals surface area contributed by atoms with Crippen LogP contribution in [0.3, 0.4) is 0 Å². The molecule has 2 aromatic rings. The van der Waals surface area contributed by atoms with Gasteiger partial charge in [-0.05, 0) is 153 Å². The monoisotopic (exact) mass is 810 g/mol. The molecular formula is C58H58N4. The van der Waals surface area contributed by atoms with Crippen molar-refractivity contribution in [2.45, 2.75) is 102 Å². The largest absolute Gasteiger partial charge is 0.365 e. The molecule has 1 aromatic heterocycles. The molecule has 5 atom stereocenters. The number of aliphatic imine (C=N–C) groups is 1. The van der Waals surface area contributed by atoms with Gasteiger partial charge in [0.2, 0.25) is 0 Å². The lowest BCUT2D eigenvalue weighted by atomic mass is 9.80. The quantitative estimate of drug-likeness (QED) is 0.302. The molecule has 0 spiro atoms. The number of nitrogens with one attached hydrogen (secondary N) is 1. The summed E-state index contributed by atoms with van der Waals surface area (Å²) in [6.07, 6.45) is 63.4. The molecule has 12 rings (SSSR count). The number of hydrogen-bond donors (Lipinski definition) is 1. The van der Waals surface area contributed by atoms with Gasteiger partial charge in [0, 0.05) is 63.4 Å². The number of fused-ring (bicyclic) bond motifs is 5. The molecule has 3 aliphatic heterocycles. The van der Waals surface area contributed by atoms with E-state index in [1.807, 2.05) is 0 Å². The zero-order chi connectivity index (χ0) is 41.0. The van der Waals surface area contributed by atoms with E-state index < -0.39 is 0 Å². The lowest BCUT2D eigenvalue weighted by Crippen LogP contribution is -2.45. The molecule has 4 nitrogen and oxygen atoms in total. The number of nitrogens with zero attached hydrogens (tertiary/aromatic N) is 3. The van der Waals surface area contributed by atoms with Crippen LogP contribution in [-0.4, -0.2) is 21.3 Å². The molecule has 310 valence electrons. The smallest absolute Gasteiger partial charge is 0.123 e. The third-order valence-corrected chi connectivity index (χ3v) is 15.1. The third-order valence-electron chi connectivity index (χ3n) is 15.1. The Morgan fingerprint density at radius 3 is 2.42 bits per heavy atom. The SMILES string of the molecule is C1=CCC(C2=CC(N3C4=CC=C(C5=Cc6c(n(C7C=C(C8=CCCCC8)N=C(C8=CCCC=C8)C7)c7ccccc67)CC5)CC4C4=C3CCC=C4)NC(C3C=CC=CC3)=C2)C=C1. The van der Waals surface area contributed by atoms with Crippen LogP contribution >= 0.6 is 0 Å². The molecule has 10 aliphatic rings. The number of benzene rings is 1. The summed E-state index contributed by atoms with van der Waals surface area (Å²) in [6, 6.07) is 9.45. The van der Waals surface area contributed by atoms with E-state index >= 15 is 0 Å². The summed E-state index contributed by atoms with van der Waals surface area (Å²) in [4.78, 5) is 8.12. The Hall–Kier alpha value is -5.87. The van der Waals surface area contributed by atoms with Gasteiger partial charge in [-0.1, -0.05) is 109 Å². The molecule has 0 saturated heterocycles. The maximum Gasteiger partial charge on any atom is 0.123 e. The first-order chi connectivity index (χ1) is 30.7. The summed E-state index contributed by atoms with van der Waals surface area (Å²) < 4.78 is 2.72. The van der Waals surface area contributed by atoms with Gasteiger partial charge in [-0.25, -0.2) is 0 Å². The highest BCUT2D eigenvalue weighted by atomic mass is 15.3. The van der Waals surface area contributed by atoms with E-state index in [0.29, 0.717) is 17.8 Å². The van der Waals surface area contributed by atoms with E-state index in [4.69, 9.17) is 4.99 Å². The van der Waals surface area contributed by atoms with E-state index in [2.05, 4.69) is 161 Å². The summed E-state index contributed by atoms with van der Waals surface area (Å²) in [5.74, 6) is 1.16. The Bertz CT molecular complexity index is 2740. The number of aromatic nitrogens is 1. The molecule has 5 unspecified atom stereocenters. The molecular weight excluding hydrogens is 753 g/mol. The molecule has 1 aromatic carbocycles. The summed E-state index contributed by atoms with van der Waals surface area (Å²) in [7, 11) is 0. The Labute approximate surface area is 368 Å². The molecule has 4 heteroatoms. The van der Waals surface area contributed by atoms with Gasteiger partial charge in [-0.2, -0.15) is 0 Å². The van der Waals surface area contributed by atoms with Crippen LogP contribution in [0.5, 0.6) is 0 Å². The van der Waals surface area contributed by atoms with E-state index in [9.17, 15) is 0 Å². The van der Waals surface area contributed by atoms with Crippen molar-refractivity contribution in [1.29, 1.82) is 0 Å². The standard InChI is InChI=1S/C58H58N4/c1-5-17-39(18-6-1)45-35-51(40-19-7-2-8-20-40)60-58(36-45)62-55-28-16-14-26-48(55)50-34-44(30-32-57(50)62)43-29-31-56-49(33-43)47-25-13-15-27-54(47)61(56)46-37-52(41-21-9-3-10-22-41)59-53(38-46)42-23-11-4-12-24-42/h1-2,5-9,13-15,17,19,21-23,25-27,30,32-33,35-36,38-40,46,50,58,60H,3-4,10-12,16,18,20,24,28-29,31,34,37H2. The van der Waals surface area contributed by atoms with Gasteiger partial charge < -0.3 is 14.8 Å². The Kier molecular flexibility index (Phi) is 9.84. The van der Waals surface area contributed by atoms with Crippen molar-refractivity contribution in [2.75, 3.05) is 0 Å². The first kappa shape index (κ1) is 37.9. The maximum absolute atomic E-state index is 5.41.